The van der Waals surface area contributed by atoms with E-state index in [2.05, 4.69) is 15.9 Å². The predicted octanol–water partition coefficient (Wildman–Crippen LogP) is 4.25. The van der Waals surface area contributed by atoms with Gasteiger partial charge < -0.3 is 5.73 Å². The van der Waals surface area contributed by atoms with Crippen LogP contribution in [0.5, 0.6) is 0 Å². The minimum Gasteiger partial charge on any atom is -0.324 e. The van der Waals surface area contributed by atoms with Gasteiger partial charge in [0.15, 0.2) is 11.6 Å². The van der Waals surface area contributed by atoms with Gasteiger partial charge in [-0.3, -0.25) is 0 Å². The number of hydrogen-bond acceptors (Lipinski definition) is 1. The van der Waals surface area contributed by atoms with Crippen molar-refractivity contribution in [2.45, 2.75) is 12.5 Å². The topological polar surface area (TPSA) is 26.0 Å². The molecule has 0 spiro atoms. The van der Waals surface area contributed by atoms with Crippen LogP contribution in [-0.2, 0) is 6.42 Å². The normalized spacial score (nSPS) is 12.5. The molecule has 6 heteroatoms. The standard InChI is InChI=1S/C14H10BrF4N/c15-13-9(2-4-11(18)14(13)19)12(20)6-7-5-8(16)1-3-10(7)17/h1-5,12H,6,20H2. The number of hydrogen-bond donors (Lipinski definition) is 1. The van der Waals surface area contributed by atoms with Gasteiger partial charge in [0.2, 0.25) is 0 Å². The van der Waals surface area contributed by atoms with Crippen molar-refractivity contribution in [3.05, 3.63) is 69.2 Å². The summed E-state index contributed by atoms with van der Waals surface area (Å²) in [7, 11) is 0. The van der Waals surface area contributed by atoms with Gasteiger partial charge in [-0.2, -0.15) is 0 Å². The molecular formula is C14H10BrF4N. The highest BCUT2D eigenvalue weighted by Crippen LogP contribution is 2.29. The summed E-state index contributed by atoms with van der Waals surface area (Å²) in [5.74, 6) is -3.25. The first-order chi connectivity index (χ1) is 9.40. The molecule has 0 heterocycles. The fraction of sp³-hybridized carbons (Fsp3) is 0.143. The molecule has 0 saturated heterocycles. The molecule has 0 amide bonds. The first-order valence-corrected chi connectivity index (χ1v) is 6.52. The van der Waals surface area contributed by atoms with Crippen LogP contribution < -0.4 is 5.73 Å². The molecule has 1 unspecified atom stereocenters. The third-order valence-corrected chi connectivity index (χ3v) is 3.72. The van der Waals surface area contributed by atoms with E-state index < -0.39 is 29.3 Å². The maximum Gasteiger partial charge on any atom is 0.173 e. The Bertz CT molecular complexity index is 645. The number of benzene rings is 2. The van der Waals surface area contributed by atoms with Crippen molar-refractivity contribution in [2.24, 2.45) is 5.73 Å². The van der Waals surface area contributed by atoms with Crippen molar-refractivity contribution in [1.82, 2.24) is 0 Å². The molecule has 2 N–H and O–H groups in total. The zero-order chi connectivity index (χ0) is 14.9. The Balaban J connectivity index is 2.31. The van der Waals surface area contributed by atoms with E-state index in [1.807, 2.05) is 0 Å². The van der Waals surface area contributed by atoms with Gasteiger partial charge in [-0.1, -0.05) is 6.07 Å². The van der Waals surface area contributed by atoms with E-state index in [1.165, 1.54) is 6.07 Å². The molecule has 0 aliphatic rings. The fourth-order valence-electron chi connectivity index (χ4n) is 1.87. The van der Waals surface area contributed by atoms with Gasteiger partial charge >= 0.3 is 0 Å². The second-order valence-electron chi connectivity index (χ2n) is 4.31. The largest absolute Gasteiger partial charge is 0.324 e. The molecule has 20 heavy (non-hydrogen) atoms. The van der Waals surface area contributed by atoms with E-state index in [0.29, 0.717) is 0 Å². The van der Waals surface area contributed by atoms with E-state index >= 15 is 0 Å². The van der Waals surface area contributed by atoms with Crippen LogP contribution in [0.2, 0.25) is 0 Å². The minimum atomic E-state index is -1.06. The lowest BCUT2D eigenvalue weighted by atomic mass is 9.99. The van der Waals surface area contributed by atoms with Crippen LogP contribution in [0.25, 0.3) is 0 Å². The fourth-order valence-corrected chi connectivity index (χ4v) is 2.49. The van der Waals surface area contributed by atoms with Gasteiger partial charge in [-0.15, -0.1) is 0 Å². The molecule has 2 aromatic rings. The molecule has 106 valence electrons. The monoisotopic (exact) mass is 347 g/mol. The second kappa shape index (κ2) is 5.93. The Morgan fingerprint density at radius 1 is 1.00 bits per heavy atom. The van der Waals surface area contributed by atoms with Crippen LogP contribution >= 0.6 is 15.9 Å². The molecule has 0 radical (unpaired) electrons. The third kappa shape index (κ3) is 3.02. The highest BCUT2D eigenvalue weighted by Gasteiger charge is 2.18. The van der Waals surface area contributed by atoms with Gasteiger partial charge in [0, 0.05) is 6.04 Å². The van der Waals surface area contributed by atoms with E-state index in [0.717, 1.165) is 24.3 Å². The van der Waals surface area contributed by atoms with Crippen molar-refractivity contribution in [3.8, 4) is 0 Å². The van der Waals surface area contributed by atoms with E-state index in [9.17, 15) is 17.6 Å². The van der Waals surface area contributed by atoms with Crippen LogP contribution in [0, 0.1) is 23.3 Å². The average Bonchev–Trinajstić information content (AvgIpc) is 2.40. The van der Waals surface area contributed by atoms with Gasteiger partial charge in [0.05, 0.1) is 4.47 Å². The Labute approximate surface area is 121 Å². The van der Waals surface area contributed by atoms with Crippen LogP contribution in [-0.4, -0.2) is 0 Å². The molecular weight excluding hydrogens is 338 g/mol. The Hall–Kier alpha value is -1.40. The zero-order valence-electron chi connectivity index (χ0n) is 10.1. The summed E-state index contributed by atoms with van der Waals surface area (Å²) < 4.78 is 52.9. The lowest BCUT2D eigenvalue weighted by Crippen LogP contribution is -2.15. The average molecular weight is 348 g/mol. The van der Waals surface area contributed by atoms with E-state index in [4.69, 9.17) is 5.73 Å². The van der Waals surface area contributed by atoms with Gasteiger partial charge in [0.25, 0.3) is 0 Å². The van der Waals surface area contributed by atoms with Crippen LogP contribution in [0.15, 0.2) is 34.8 Å². The number of rotatable bonds is 3. The number of halogens is 5. The maximum absolute atomic E-state index is 13.5. The van der Waals surface area contributed by atoms with Crippen molar-refractivity contribution in [1.29, 1.82) is 0 Å². The summed E-state index contributed by atoms with van der Waals surface area (Å²) in [4.78, 5) is 0. The van der Waals surface area contributed by atoms with Crippen molar-refractivity contribution >= 4 is 15.9 Å². The summed E-state index contributed by atoms with van der Waals surface area (Å²) >= 11 is 2.92. The highest BCUT2D eigenvalue weighted by atomic mass is 79.9. The Morgan fingerprint density at radius 2 is 1.65 bits per heavy atom. The Kier molecular flexibility index (Phi) is 4.45. The third-order valence-electron chi connectivity index (χ3n) is 2.91. The van der Waals surface area contributed by atoms with E-state index in [1.54, 1.807) is 0 Å². The summed E-state index contributed by atoms with van der Waals surface area (Å²) in [5.41, 5.74) is 6.22. The highest BCUT2D eigenvalue weighted by molar-refractivity contribution is 9.10. The predicted molar refractivity (Wildman–Crippen MR) is 71.0 cm³/mol. The summed E-state index contributed by atoms with van der Waals surface area (Å²) in [6.45, 7) is 0. The first kappa shape index (κ1) is 15.0. The molecule has 1 atom stereocenters. The molecule has 0 saturated carbocycles. The molecule has 0 bridgehead atoms. The van der Waals surface area contributed by atoms with Gasteiger partial charge in [0.1, 0.15) is 11.6 Å². The van der Waals surface area contributed by atoms with Crippen LogP contribution in [0.3, 0.4) is 0 Å². The molecule has 0 fully saturated rings. The van der Waals surface area contributed by atoms with Crippen molar-refractivity contribution in [2.75, 3.05) is 0 Å². The molecule has 1 nitrogen and oxygen atoms in total. The lowest BCUT2D eigenvalue weighted by molar-refractivity contribution is 0.499. The SMILES string of the molecule is NC(Cc1cc(F)ccc1F)c1ccc(F)c(F)c1Br. The van der Waals surface area contributed by atoms with Gasteiger partial charge in [-0.25, -0.2) is 17.6 Å². The smallest absolute Gasteiger partial charge is 0.173 e. The summed E-state index contributed by atoms with van der Waals surface area (Å²) in [6.07, 6.45) is -0.0345. The lowest BCUT2D eigenvalue weighted by Gasteiger charge is -2.15. The quantitative estimate of drug-likeness (QED) is 0.651. The van der Waals surface area contributed by atoms with Crippen molar-refractivity contribution < 1.29 is 17.6 Å². The van der Waals surface area contributed by atoms with Crippen molar-refractivity contribution in [3.63, 3.8) is 0 Å². The van der Waals surface area contributed by atoms with Crippen LogP contribution in [0.4, 0.5) is 17.6 Å². The molecule has 0 aliphatic carbocycles. The van der Waals surface area contributed by atoms with Crippen LogP contribution in [0.1, 0.15) is 17.2 Å². The summed E-state index contributed by atoms with van der Waals surface area (Å²) in [5, 5.41) is 0. The zero-order valence-corrected chi connectivity index (χ0v) is 11.7. The Morgan fingerprint density at radius 3 is 2.35 bits per heavy atom. The van der Waals surface area contributed by atoms with Gasteiger partial charge in [-0.05, 0) is 57.7 Å². The van der Waals surface area contributed by atoms with E-state index in [-0.39, 0.29) is 22.0 Å². The molecule has 0 aliphatic heterocycles. The first-order valence-electron chi connectivity index (χ1n) is 5.73. The molecule has 2 rings (SSSR count). The minimum absolute atomic E-state index is 0.0345. The maximum atomic E-state index is 13.5. The number of nitrogens with two attached hydrogens (primary N) is 1. The molecule has 0 aromatic heterocycles. The summed E-state index contributed by atoms with van der Waals surface area (Å²) in [6, 6.07) is 4.48. The molecule has 2 aromatic carbocycles. The second-order valence-corrected chi connectivity index (χ2v) is 5.10.